The van der Waals surface area contributed by atoms with Crippen molar-refractivity contribution in [3.05, 3.63) is 210 Å². The van der Waals surface area contributed by atoms with Gasteiger partial charge in [0.2, 0.25) is 0 Å². The molecule has 0 bridgehead atoms. The van der Waals surface area contributed by atoms with Crippen LogP contribution in [0.15, 0.2) is 194 Å². The Hall–Kier alpha value is -7.68. The summed E-state index contributed by atoms with van der Waals surface area (Å²) in [4.78, 5) is 0. The van der Waals surface area contributed by atoms with Gasteiger partial charge in [-0.1, -0.05) is 152 Å². The van der Waals surface area contributed by atoms with Crippen LogP contribution in [0.1, 0.15) is 36.0 Å². The van der Waals surface area contributed by atoms with Crippen LogP contribution in [0.25, 0.3) is 115 Å². The van der Waals surface area contributed by atoms with Gasteiger partial charge in [0.25, 0.3) is 0 Å². The minimum Gasteiger partial charge on any atom is -0.309 e. The second-order valence-electron chi connectivity index (χ2n) is 18.3. The Kier molecular flexibility index (Phi) is 7.52. The highest BCUT2D eigenvalue weighted by Crippen LogP contribution is 2.54. The molecule has 14 rings (SSSR count). The summed E-state index contributed by atoms with van der Waals surface area (Å²) in [6, 6.07) is 62.3. The molecule has 0 spiro atoms. The molecule has 2 aliphatic heterocycles. The highest BCUT2D eigenvalue weighted by molar-refractivity contribution is 6.29. The van der Waals surface area contributed by atoms with E-state index in [1.54, 1.807) is 0 Å². The van der Waals surface area contributed by atoms with E-state index in [9.17, 15) is 0 Å². The van der Waals surface area contributed by atoms with Crippen LogP contribution in [0.3, 0.4) is 0 Å². The lowest BCUT2D eigenvalue weighted by atomic mass is 9.75. The maximum absolute atomic E-state index is 2.60. The number of allylic oxidation sites excluding steroid dienone is 6. The number of fused-ring (bicyclic) bond motifs is 4. The summed E-state index contributed by atoms with van der Waals surface area (Å²) < 4.78 is 5.20. The largest absolute Gasteiger partial charge is 0.309 e. The maximum atomic E-state index is 2.60. The third-order valence-electron chi connectivity index (χ3n) is 15.0. The molecule has 2 nitrogen and oxygen atoms in total. The summed E-state index contributed by atoms with van der Waals surface area (Å²) >= 11 is 0. The van der Waals surface area contributed by atoms with Crippen LogP contribution in [0, 0.1) is 19.8 Å². The minimum atomic E-state index is 0.561. The fourth-order valence-corrected chi connectivity index (χ4v) is 12.1. The summed E-state index contributed by atoms with van der Waals surface area (Å²) in [6.07, 6.45) is 13.0. The van der Waals surface area contributed by atoms with Crippen LogP contribution in [0.5, 0.6) is 0 Å². The molecule has 10 aromatic carbocycles. The summed E-state index contributed by atoms with van der Waals surface area (Å²) in [7, 11) is 0. The zero-order valence-corrected chi connectivity index (χ0v) is 36.0. The quantitative estimate of drug-likeness (QED) is 0.124. The van der Waals surface area contributed by atoms with E-state index >= 15 is 0 Å². The zero-order chi connectivity index (χ0) is 42.2. The van der Waals surface area contributed by atoms with Crippen molar-refractivity contribution in [1.29, 1.82) is 0 Å². The number of rotatable bonds is 4. The second kappa shape index (κ2) is 13.4. The normalized spacial score (nSPS) is 15.4. The van der Waals surface area contributed by atoms with Gasteiger partial charge in [-0.25, -0.2) is 0 Å². The van der Waals surface area contributed by atoms with Crippen molar-refractivity contribution in [1.82, 2.24) is 9.13 Å². The lowest BCUT2D eigenvalue weighted by Gasteiger charge is -2.32. The molecule has 4 aliphatic rings. The molecule has 0 N–H and O–H groups in total. The smallest absolute Gasteiger partial charge is 0.0548 e. The molecule has 2 aliphatic carbocycles. The van der Waals surface area contributed by atoms with E-state index in [0.29, 0.717) is 5.92 Å². The summed E-state index contributed by atoms with van der Waals surface area (Å²) in [5.74, 6) is 0.561. The summed E-state index contributed by atoms with van der Waals surface area (Å²) in [6.45, 7) is 4.47. The van der Waals surface area contributed by atoms with E-state index < -0.39 is 0 Å². The number of nitrogens with zero attached hydrogens (tertiary/aromatic N) is 2. The fourth-order valence-electron chi connectivity index (χ4n) is 12.1. The highest BCUT2D eigenvalue weighted by atomic mass is 15.0. The predicted molar refractivity (Wildman–Crippen MR) is 273 cm³/mol. The molecule has 0 saturated carbocycles. The predicted octanol–water partition coefficient (Wildman–Crippen LogP) is 16.8. The van der Waals surface area contributed by atoms with Gasteiger partial charge in [0.1, 0.15) is 0 Å². The number of hydrogen-bond acceptors (Lipinski definition) is 0. The van der Waals surface area contributed by atoms with Crippen molar-refractivity contribution < 1.29 is 0 Å². The monoisotopic (exact) mass is 816 g/mol. The van der Waals surface area contributed by atoms with Crippen LogP contribution >= 0.6 is 0 Å². The average Bonchev–Trinajstić information content (AvgIpc) is 3.35. The van der Waals surface area contributed by atoms with E-state index in [2.05, 4.69) is 211 Å². The molecule has 0 saturated heterocycles. The standard InChI is InChI=1S/C62H44N2/c1-37-25-31-53(49-21-9-7-17-41(37)49)63-55-33-27-47(45-23-11-15-39-13-3-5-19-43(39)45)51-30-36-58-62(59(51)55)61-57(63)35-29-52-48(46-24-12-16-40-14-4-6-20-44(40)46)28-34-56(60(52)61)64(58)54-32-26-38(2)42-18-8-10-22-50(42)54/h3-11,13,15,17-36,40H,12,14,16H2,1-2H3. The Labute approximate surface area is 372 Å². The van der Waals surface area contributed by atoms with Crippen LogP contribution < -0.4 is 0 Å². The van der Waals surface area contributed by atoms with Gasteiger partial charge in [-0.05, 0) is 147 Å². The van der Waals surface area contributed by atoms with Crippen molar-refractivity contribution >= 4 is 81.5 Å². The van der Waals surface area contributed by atoms with Crippen molar-refractivity contribution in [2.45, 2.75) is 33.1 Å². The third-order valence-corrected chi connectivity index (χ3v) is 15.0. The molecule has 0 fully saturated rings. The second-order valence-corrected chi connectivity index (χ2v) is 18.3. The van der Waals surface area contributed by atoms with Crippen molar-refractivity contribution in [3.63, 3.8) is 0 Å². The van der Waals surface area contributed by atoms with Gasteiger partial charge in [0, 0.05) is 32.7 Å². The van der Waals surface area contributed by atoms with E-state index in [-0.39, 0.29) is 0 Å². The Bertz CT molecular complexity index is 4000. The van der Waals surface area contributed by atoms with Crippen LogP contribution in [0.4, 0.5) is 0 Å². The number of benzene rings is 10. The minimum absolute atomic E-state index is 0.561. The molecule has 0 radical (unpaired) electrons. The number of pyridine rings is 2. The Morgan fingerprint density at radius 1 is 0.438 bits per heavy atom. The third kappa shape index (κ3) is 4.86. The first-order valence-corrected chi connectivity index (χ1v) is 22.9. The van der Waals surface area contributed by atoms with Crippen molar-refractivity contribution in [2.24, 2.45) is 5.92 Å². The first-order chi connectivity index (χ1) is 31.6. The van der Waals surface area contributed by atoms with E-state index in [1.165, 1.54) is 144 Å². The molecule has 1 atom stereocenters. The Morgan fingerprint density at radius 3 is 1.62 bits per heavy atom. The van der Waals surface area contributed by atoms with E-state index in [1.807, 2.05) is 0 Å². The van der Waals surface area contributed by atoms with Crippen molar-refractivity contribution in [3.8, 4) is 33.6 Å². The zero-order valence-electron chi connectivity index (χ0n) is 36.0. The molecule has 302 valence electrons. The lowest BCUT2D eigenvalue weighted by Crippen LogP contribution is -2.13. The van der Waals surface area contributed by atoms with Gasteiger partial charge in [0.05, 0.1) is 33.4 Å². The van der Waals surface area contributed by atoms with Crippen LogP contribution in [0.2, 0.25) is 0 Å². The van der Waals surface area contributed by atoms with Gasteiger partial charge >= 0.3 is 0 Å². The molecular formula is C62H44N2. The number of aryl methyl sites for hydroxylation is 2. The topological polar surface area (TPSA) is 9.86 Å². The molecule has 0 amide bonds. The van der Waals surface area contributed by atoms with Gasteiger partial charge in [-0.15, -0.1) is 0 Å². The van der Waals surface area contributed by atoms with Crippen LogP contribution in [-0.2, 0) is 0 Å². The first-order valence-electron chi connectivity index (χ1n) is 22.9. The van der Waals surface area contributed by atoms with E-state index in [0.717, 1.165) is 12.8 Å². The van der Waals surface area contributed by atoms with Gasteiger partial charge in [-0.2, -0.15) is 0 Å². The van der Waals surface area contributed by atoms with Gasteiger partial charge in [0.15, 0.2) is 0 Å². The van der Waals surface area contributed by atoms with Gasteiger partial charge < -0.3 is 9.13 Å². The molecule has 10 aromatic rings. The molecule has 2 heterocycles. The molecular weight excluding hydrogens is 773 g/mol. The summed E-state index contributed by atoms with van der Waals surface area (Å²) in [5, 5.41) is 12.8. The fraction of sp³-hybridized carbons (Fsp3) is 0.0968. The first kappa shape index (κ1) is 35.9. The maximum Gasteiger partial charge on any atom is 0.0548 e. The molecule has 1 unspecified atom stereocenters. The van der Waals surface area contributed by atoms with Gasteiger partial charge in [-0.3, -0.25) is 0 Å². The lowest BCUT2D eigenvalue weighted by molar-refractivity contribution is 0.571. The Balaban J connectivity index is 1.22. The Morgan fingerprint density at radius 2 is 0.969 bits per heavy atom. The number of hydrogen-bond donors (Lipinski definition) is 0. The number of aromatic nitrogens is 2. The molecule has 64 heavy (non-hydrogen) atoms. The summed E-state index contributed by atoms with van der Waals surface area (Å²) in [5.41, 5.74) is 19.2. The SMILES string of the molecule is Cc1ccc(-n2c3ccc4c(-c5cccc6ccccc56)ccc5c4c3-c3c4c(ccc3n5-c3ccc(C)c5ccccc35)c(C3=CCCC5CC=CC=C35)ccc42)c2ccccc12. The average molecular weight is 817 g/mol. The van der Waals surface area contributed by atoms with E-state index in [4.69, 9.17) is 0 Å². The van der Waals surface area contributed by atoms with Crippen LogP contribution in [-0.4, -0.2) is 9.13 Å². The highest BCUT2D eigenvalue weighted by Gasteiger charge is 2.31. The molecule has 2 heteroatoms. The van der Waals surface area contributed by atoms with Crippen molar-refractivity contribution in [2.75, 3.05) is 0 Å². The molecule has 0 aromatic heterocycles.